The second-order valence-corrected chi connectivity index (χ2v) is 8.89. The highest BCUT2D eigenvalue weighted by Gasteiger charge is 2.22. The van der Waals surface area contributed by atoms with Gasteiger partial charge in [0.25, 0.3) is 5.56 Å². The van der Waals surface area contributed by atoms with Crippen LogP contribution in [0.1, 0.15) is 20.8 Å². The molecule has 32 heavy (non-hydrogen) atoms. The van der Waals surface area contributed by atoms with Crippen molar-refractivity contribution in [3.63, 3.8) is 0 Å². The molecule has 7 heteroatoms. The molecule has 0 saturated carbocycles. The summed E-state index contributed by atoms with van der Waals surface area (Å²) in [5.41, 5.74) is 2.26. The zero-order valence-corrected chi connectivity index (χ0v) is 19.2. The van der Waals surface area contributed by atoms with E-state index < -0.39 is 0 Å². The lowest BCUT2D eigenvalue weighted by Gasteiger charge is -2.39. The van der Waals surface area contributed by atoms with Gasteiger partial charge < -0.3 is 15.1 Å². The van der Waals surface area contributed by atoms with Crippen LogP contribution in [0.5, 0.6) is 0 Å². The van der Waals surface area contributed by atoms with Crippen molar-refractivity contribution in [3.8, 4) is 11.4 Å². The van der Waals surface area contributed by atoms with Gasteiger partial charge in [0, 0.05) is 43.0 Å². The van der Waals surface area contributed by atoms with Gasteiger partial charge in [-0.15, -0.1) is 0 Å². The number of nitrogens with zero attached hydrogens (tertiary/aromatic N) is 4. The summed E-state index contributed by atoms with van der Waals surface area (Å²) in [6, 6.07) is 15.9. The van der Waals surface area contributed by atoms with Crippen molar-refractivity contribution < 1.29 is 4.79 Å². The molecule has 0 spiro atoms. The normalized spacial score (nSPS) is 17.2. The van der Waals surface area contributed by atoms with Crippen LogP contribution in [0.25, 0.3) is 22.3 Å². The molecule has 4 rings (SSSR count). The zero-order valence-electron chi connectivity index (χ0n) is 19.2. The van der Waals surface area contributed by atoms with Crippen molar-refractivity contribution in [1.29, 1.82) is 0 Å². The van der Waals surface area contributed by atoms with Crippen molar-refractivity contribution in [2.24, 2.45) is 0 Å². The first-order valence-corrected chi connectivity index (χ1v) is 11.2. The third-order valence-electron chi connectivity index (χ3n) is 6.05. The largest absolute Gasteiger partial charge is 0.369 e. The van der Waals surface area contributed by atoms with Crippen LogP contribution in [-0.2, 0) is 11.3 Å². The van der Waals surface area contributed by atoms with Gasteiger partial charge in [-0.25, -0.2) is 4.98 Å². The molecule has 1 amide bonds. The molecule has 2 aromatic carbocycles. The predicted octanol–water partition coefficient (Wildman–Crippen LogP) is 2.73. The Kier molecular flexibility index (Phi) is 6.28. The van der Waals surface area contributed by atoms with Crippen molar-refractivity contribution in [2.45, 2.75) is 39.4 Å². The summed E-state index contributed by atoms with van der Waals surface area (Å²) in [6.07, 6.45) is 0. The second-order valence-electron chi connectivity index (χ2n) is 8.89. The Morgan fingerprint density at radius 2 is 1.91 bits per heavy atom. The van der Waals surface area contributed by atoms with Crippen molar-refractivity contribution in [2.75, 3.05) is 31.6 Å². The highest BCUT2D eigenvalue weighted by atomic mass is 16.2. The van der Waals surface area contributed by atoms with E-state index in [0.29, 0.717) is 22.8 Å². The number of hydrogen-bond acceptors (Lipinski definition) is 5. The van der Waals surface area contributed by atoms with Crippen LogP contribution >= 0.6 is 0 Å². The number of carbonyl (C=O) groups is 1. The molecule has 1 aromatic heterocycles. The van der Waals surface area contributed by atoms with E-state index in [2.05, 4.69) is 29.1 Å². The quantitative estimate of drug-likeness (QED) is 0.670. The van der Waals surface area contributed by atoms with Gasteiger partial charge in [0.2, 0.25) is 5.91 Å². The zero-order chi connectivity index (χ0) is 22.8. The van der Waals surface area contributed by atoms with E-state index in [0.717, 1.165) is 30.9 Å². The number of hydrogen-bond donors (Lipinski definition) is 1. The summed E-state index contributed by atoms with van der Waals surface area (Å²) < 4.78 is 1.49. The minimum Gasteiger partial charge on any atom is -0.369 e. The topological polar surface area (TPSA) is 70.5 Å². The van der Waals surface area contributed by atoms with Crippen molar-refractivity contribution in [1.82, 2.24) is 19.8 Å². The van der Waals surface area contributed by atoms with Gasteiger partial charge in [0.1, 0.15) is 12.4 Å². The molecule has 168 valence electrons. The fourth-order valence-electron chi connectivity index (χ4n) is 4.15. The maximum Gasteiger partial charge on any atom is 0.262 e. The molecule has 1 fully saturated rings. The molecule has 2 heterocycles. The average Bonchev–Trinajstić information content (AvgIpc) is 2.77. The number of carbonyl (C=O) groups excluding carboxylic acids is 1. The monoisotopic (exact) mass is 433 g/mol. The first kappa shape index (κ1) is 22.0. The Hall–Kier alpha value is -3.19. The Morgan fingerprint density at radius 3 is 2.59 bits per heavy atom. The Bertz CT molecular complexity index is 1170. The minimum absolute atomic E-state index is 0.00221. The van der Waals surface area contributed by atoms with E-state index in [-0.39, 0.29) is 24.1 Å². The van der Waals surface area contributed by atoms with Crippen LogP contribution in [0.15, 0.2) is 53.3 Å². The maximum absolute atomic E-state index is 13.6. The van der Waals surface area contributed by atoms with E-state index in [1.54, 1.807) is 0 Å². The van der Waals surface area contributed by atoms with Crippen molar-refractivity contribution in [3.05, 3.63) is 58.9 Å². The molecular weight excluding hydrogens is 402 g/mol. The molecule has 1 N–H and O–H groups in total. The second kappa shape index (κ2) is 9.12. The number of amides is 1. The van der Waals surface area contributed by atoms with Crippen LogP contribution in [-0.4, -0.2) is 59.1 Å². The van der Waals surface area contributed by atoms with Crippen LogP contribution < -0.4 is 15.8 Å². The lowest BCUT2D eigenvalue weighted by Crippen LogP contribution is -2.50. The third-order valence-corrected chi connectivity index (χ3v) is 6.05. The number of rotatable bonds is 5. The van der Waals surface area contributed by atoms with E-state index >= 15 is 0 Å². The highest BCUT2D eigenvalue weighted by Crippen LogP contribution is 2.24. The summed E-state index contributed by atoms with van der Waals surface area (Å²) in [5.74, 6) is 0.299. The fraction of sp³-hybridized carbons (Fsp3) is 0.400. The minimum atomic E-state index is -0.204. The van der Waals surface area contributed by atoms with Gasteiger partial charge in [-0.1, -0.05) is 30.3 Å². The third kappa shape index (κ3) is 4.53. The van der Waals surface area contributed by atoms with E-state index in [4.69, 9.17) is 4.98 Å². The maximum atomic E-state index is 13.6. The van der Waals surface area contributed by atoms with Crippen molar-refractivity contribution >= 4 is 22.5 Å². The molecule has 0 aliphatic carbocycles. The summed E-state index contributed by atoms with van der Waals surface area (Å²) in [5, 5.41) is 3.41. The van der Waals surface area contributed by atoms with E-state index in [1.165, 1.54) is 4.57 Å². The Labute approximate surface area is 188 Å². The first-order chi connectivity index (χ1) is 15.3. The Morgan fingerprint density at radius 1 is 1.16 bits per heavy atom. The first-order valence-electron chi connectivity index (χ1n) is 11.2. The van der Waals surface area contributed by atoms with Gasteiger partial charge in [-0.3, -0.25) is 14.2 Å². The summed E-state index contributed by atoms with van der Waals surface area (Å²) >= 11 is 0. The fourth-order valence-corrected chi connectivity index (χ4v) is 4.15. The Balaban J connectivity index is 1.81. The molecule has 0 bridgehead atoms. The van der Waals surface area contributed by atoms with E-state index in [9.17, 15) is 9.59 Å². The molecule has 1 aliphatic heterocycles. The SMILES string of the molecule is CC(C)NC(=O)Cn1c(-c2ccccc2)nc2ccc(N3CCN(C)C(C)C3)cc2c1=O. The lowest BCUT2D eigenvalue weighted by molar-refractivity contribution is -0.122. The predicted molar refractivity (Wildman–Crippen MR) is 129 cm³/mol. The standard InChI is InChI=1S/C25H31N5O2/c1-17(2)26-23(31)16-30-24(19-8-6-5-7-9-19)27-22-11-10-20(14-21(22)25(30)32)29-13-12-28(4)18(3)15-29/h5-11,14,17-18H,12-13,15-16H2,1-4H3,(H,26,31). The van der Waals surface area contributed by atoms with Gasteiger partial charge in [-0.2, -0.15) is 0 Å². The molecule has 1 atom stereocenters. The number of aromatic nitrogens is 2. The van der Waals surface area contributed by atoms with Crippen LogP contribution in [0.2, 0.25) is 0 Å². The van der Waals surface area contributed by atoms with Gasteiger partial charge in [0.15, 0.2) is 0 Å². The average molecular weight is 434 g/mol. The molecular formula is C25H31N5O2. The molecule has 1 saturated heterocycles. The number of benzene rings is 2. The van der Waals surface area contributed by atoms with Gasteiger partial charge in [0.05, 0.1) is 10.9 Å². The van der Waals surface area contributed by atoms with Crippen LogP contribution in [0.4, 0.5) is 5.69 Å². The molecule has 1 aliphatic rings. The van der Waals surface area contributed by atoms with Gasteiger partial charge >= 0.3 is 0 Å². The van der Waals surface area contributed by atoms with Gasteiger partial charge in [-0.05, 0) is 46.0 Å². The number of nitrogens with one attached hydrogen (secondary N) is 1. The summed E-state index contributed by atoms with van der Waals surface area (Å²) in [4.78, 5) is 35.6. The molecule has 3 aromatic rings. The lowest BCUT2D eigenvalue weighted by atomic mass is 10.1. The molecule has 1 unspecified atom stereocenters. The summed E-state index contributed by atoms with van der Waals surface area (Å²) in [6.45, 7) is 8.74. The van der Waals surface area contributed by atoms with Crippen LogP contribution in [0.3, 0.4) is 0 Å². The summed E-state index contributed by atoms with van der Waals surface area (Å²) in [7, 11) is 2.14. The molecule has 7 nitrogen and oxygen atoms in total. The number of anilines is 1. The number of piperazine rings is 1. The number of fused-ring (bicyclic) bond motifs is 1. The van der Waals surface area contributed by atoms with Crippen LogP contribution in [0, 0.1) is 0 Å². The number of likely N-dealkylation sites (N-methyl/N-ethyl adjacent to an activating group) is 1. The smallest absolute Gasteiger partial charge is 0.262 e. The molecule has 0 radical (unpaired) electrons. The highest BCUT2D eigenvalue weighted by molar-refractivity contribution is 5.84. The van der Waals surface area contributed by atoms with E-state index in [1.807, 2.05) is 62.4 Å².